The van der Waals surface area contributed by atoms with Gasteiger partial charge in [-0.15, -0.1) is 0 Å². The molecule has 0 fully saturated rings. The zero-order valence-electron chi connectivity index (χ0n) is 12.4. The van der Waals surface area contributed by atoms with Crippen LogP contribution >= 0.6 is 0 Å². The molecule has 0 atom stereocenters. The van der Waals surface area contributed by atoms with Gasteiger partial charge in [-0.05, 0) is 30.2 Å². The molecule has 21 heavy (non-hydrogen) atoms. The molecular weight excluding hydrogens is 265 g/mol. The number of aromatic nitrogens is 1. The van der Waals surface area contributed by atoms with Gasteiger partial charge in [-0.2, -0.15) is 0 Å². The summed E-state index contributed by atoms with van der Waals surface area (Å²) in [6, 6.07) is 7.48. The van der Waals surface area contributed by atoms with Gasteiger partial charge in [-0.25, -0.2) is 4.39 Å². The van der Waals surface area contributed by atoms with Gasteiger partial charge in [0, 0.05) is 48.5 Å². The Morgan fingerprint density at radius 2 is 2.14 bits per heavy atom. The van der Waals surface area contributed by atoms with Gasteiger partial charge in [0.1, 0.15) is 5.82 Å². The van der Waals surface area contributed by atoms with E-state index in [-0.39, 0.29) is 5.82 Å². The van der Waals surface area contributed by atoms with Gasteiger partial charge in [0.25, 0.3) is 0 Å². The van der Waals surface area contributed by atoms with Crippen molar-refractivity contribution in [2.75, 3.05) is 11.4 Å². The van der Waals surface area contributed by atoms with E-state index >= 15 is 0 Å². The van der Waals surface area contributed by atoms with Crippen LogP contribution in [-0.2, 0) is 13.0 Å². The minimum atomic E-state index is -0.184. The number of anilines is 2. The largest absolute Gasteiger partial charge is 0.340 e. The van der Waals surface area contributed by atoms with E-state index < -0.39 is 0 Å². The summed E-state index contributed by atoms with van der Waals surface area (Å²) in [5.41, 5.74) is 4.44. The SMILES string of the molecule is CC(C)NCc1cnccc1N1CCc2ccc(F)cc21. The van der Waals surface area contributed by atoms with Crippen molar-refractivity contribution in [3.63, 3.8) is 0 Å². The zero-order chi connectivity index (χ0) is 14.8. The predicted octanol–water partition coefficient (Wildman–Crippen LogP) is 3.41. The average Bonchev–Trinajstić information content (AvgIpc) is 2.88. The quantitative estimate of drug-likeness (QED) is 0.933. The summed E-state index contributed by atoms with van der Waals surface area (Å²) >= 11 is 0. The van der Waals surface area contributed by atoms with Gasteiger partial charge in [-0.1, -0.05) is 19.9 Å². The standard InChI is InChI=1S/C17H20FN3/c1-12(2)20-11-14-10-19-7-5-16(14)21-8-6-13-3-4-15(18)9-17(13)21/h3-5,7,9-10,12,20H,6,8,11H2,1-2H3. The third kappa shape index (κ3) is 2.90. The lowest BCUT2D eigenvalue weighted by molar-refractivity contribution is 0.588. The van der Waals surface area contributed by atoms with Crippen LogP contribution in [0.1, 0.15) is 25.0 Å². The average molecular weight is 285 g/mol. The highest BCUT2D eigenvalue weighted by Crippen LogP contribution is 2.36. The highest BCUT2D eigenvalue weighted by molar-refractivity contribution is 5.71. The maximum Gasteiger partial charge on any atom is 0.125 e. The van der Waals surface area contributed by atoms with Crippen molar-refractivity contribution in [1.29, 1.82) is 0 Å². The smallest absolute Gasteiger partial charge is 0.125 e. The molecule has 0 radical (unpaired) electrons. The van der Waals surface area contributed by atoms with Crippen molar-refractivity contribution in [1.82, 2.24) is 10.3 Å². The summed E-state index contributed by atoms with van der Waals surface area (Å²) in [4.78, 5) is 6.42. The Morgan fingerprint density at radius 1 is 1.29 bits per heavy atom. The molecule has 1 aliphatic heterocycles. The molecular formula is C17H20FN3. The third-order valence-electron chi connectivity index (χ3n) is 3.81. The first-order chi connectivity index (χ1) is 10.1. The van der Waals surface area contributed by atoms with Crippen LogP contribution < -0.4 is 10.2 Å². The minimum Gasteiger partial charge on any atom is -0.340 e. The van der Waals surface area contributed by atoms with E-state index in [2.05, 4.69) is 29.0 Å². The fourth-order valence-corrected chi connectivity index (χ4v) is 2.74. The van der Waals surface area contributed by atoms with Gasteiger partial charge >= 0.3 is 0 Å². The molecule has 4 heteroatoms. The van der Waals surface area contributed by atoms with E-state index in [0.717, 1.165) is 36.4 Å². The minimum absolute atomic E-state index is 0.184. The number of rotatable bonds is 4. The van der Waals surface area contributed by atoms with E-state index in [0.29, 0.717) is 6.04 Å². The molecule has 2 heterocycles. The van der Waals surface area contributed by atoms with Crippen LogP contribution in [0.25, 0.3) is 0 Å². The molecule has 110 valence electrons. The molecule has 0 saturated heterocycles. The Labute approximate surface area is 124 Å². The highest BCUT2D eigenvalue weighted by Gasteiger charge is 2.22. The van der Waals surface area contributed by atoms with Crippen molar-refractivity contribution in [3.8, 4) is 0 Å². The monoisotopic (exact) mass is 285 g/mol. The van der Waals surface area contributed by atoms with Crippen molar-refractivity contribution in [2.45, 2.75) is 32.9 Å². The molecule has 0 bridgehead atoms. The number of benzene rings is 1. The Hall–Kier alpha value is -1.94. The van der Waals surface area contributed by atoms with E-state index in [4.69, 9.17) is 0 Å². The van der Waals surface area contributed by atoms with Crippen LogP contribution in [0, 0.1) is 5.82 Å². The lowest BCUT2D eigenvalue weighted by Gasteiger charge is -2.23. The maximum absolute atomic E-state index is 13.6. The Bertz CT molecular complexity index is 640. The Morgan fingerprint density at radius 3 is 2.95 bits per heavy atom. The van der Waals surface area contributed by atoms with Gasteiger partial charge in [0.2, 0.25) is 0 Å². The van der Waals surface area contributed by atoms with Crippen LogP contribution in [0.5, 0.6) is 0 Å². The van der Waals surface area contributed by atoms with Crippen molar-refractivity contribution < 1.29 is 4.39 Å². The molecule has 3 nitrogen and oxygen atoms in total. The van der Waals surface area contributed by atoms with Crippen molar-refractivity contribution >= 4 is 11.4 Å². The van der Waals surface area contributed by atoms with Gasteiger partial charge in [-0.3, -0.25) is 4.98 Å². The number of fused-ring (bicyclic) bond motifs is 1. The molecule has 0 amide bonds. The second-order valence-electron chi connectivity index (χ2n) is 5.71. The molecule has 1 aromatic heterocycles. The first-order valence-corrected chi connectivity index (χ1v) is 7.37. The molecule has 0 unspecified atom stereocenters. The maximum atomic E-state index is 13.6. The number of nitrogens with one attached hydrogen (secondary N) is 1. The number of hydrogen-bond donors (Lipinski definition) is 1. The number of pyridine rings is 1. The Balaban J connectivity index is 1.94. The second kappa shape index (κ2) is 5.82. The molecule has 1 aliphatic rings. The van der Waals surface area contributed by atoms with Crippen LogP contribution in [-0.4, -0.2) is 17.6 Å². The summed E-state index contributed by atoms with van der Waals surface area (Å²) in [6.07, 6.45) is 4.64. The lowest BCUT2D eigenvalue weighted by Crippen LogP contribution is -2.24. The molecule has 1 aromatic carbocycles. The van der Waals surface area contributed by atoms with E-state index in [1.807, 2.05) is 18.3 Å². The lowest BCUT2D eigenvalue weighted by atomic mass is 10.1. The summed E-state index contributed by atoms with van der Waals surface area (Å²) < 4.78 is 13.6. The number of halogens is 1. The van der Waals surface area contributed by atoms with Crippen LogP contribution in [0.3, 0.4) is 0 Å². The Kier molecular flexibility index (Phi) is 3.88. The van der Waals surface area contributed by atoms with E-state index in [1.54, 1.807) is 12.3 Å². The molecule has 2 aromatic rings. The topological polar surface area (TPSA) is 28.2 Å². The number of nitrogens with zero attached hydrogens (tertiary/aromatic N) is 2. The molecule has 0 saturated carbocycles. The van der Waals surface area contributed by atoms with E-state index in [1.165, 1.54) is 11.6 Å². The van der Waals surface area contributed by atoms with Gasteiger partial charge in [0.15, 0.2) is 0 Å². The van der Waals surface area contributed by atoms with Gasteiger partial charge in [0.05, 0.1) is 0 Å². The third-order valence-corrected chi connectivity index (χ3v) is 3.81. The van der Waals surface area contributed by atoms with E-state index in [9.17, 15) is 4.39 Å². The van der Waals surface area contributed by atoms with Gasteiger partial charge < -0.3 is 10.2 Å². The normalized spacial score (nSPS) is 13.8. The van der Waals surface area contributed by atoms with Crippen LogP contribution in [0.2, 0.25) is 0 Å². The predicted molar refractivity (Wildman–Crippen MR) is 83.3 cm³/mol. The first-order valence-electron chi connectivity index (χ1n) is 7.37. The summed E-state index contributed by atoms with van der Waals surface area (Å²) in [7, 11) is 0. The fourth-order valence-electron chi connectivity index (χ4n) is 2.74. The zero-order valence-corrected chi connectivity index (χ0v) is 12.4. The fraction of sp³-hybridized carbons (Fsp3) is 0.353. The van der Waals surface area contributed by atoms with Crippen LogP contribution in [0.4, 0.5) is 15.8 Å². The van der Waals surface area contributed by atoms with Crippen molar-refractivity contribution in [3.05, 3.63) is 53.6 Å². The molecule has 3 rings (SSSR count). The molecule has 0 aliphatic carbocycles. The molecule has 1 N–H and O–H groups in total. The number of hydrogen-bond acceptors (Lipinski definition) is 3. The summed E-state index contributed by atoms with van der Waals surface area (Å²) in [5.74, 6) is -0.184. The van der Waals surface area contributed by atoms with Crippen LogP contribution in [0.15, 0.2) is 36.7 Å². The van der Waals surface area contributed by atoms with Crippen molar-refractivity contribution in [2.24, 2.45) is 0 Å². The first kappa shape index (κ1) is 14.0. The second-order valence-corrected chi connectivity index (χ2v) is 5.71. The highest BCUT2D eigenvalue weighted by atomic mass is 19.1. The molecule has 0 spiro atoms. The summed E-state index contributed by atoms with van der Waals surface area (Å²) in [5, 5.41) is 3.42. The summed E-state index contributed by atoms with van der Waals surface area (Å²) in [6.45, 7) is 5.90.